The molecule has 0 unspecified atom stereocenters. The summed E-state index contributed by atoms with van der Waals surface area (Å²) in [7, 11) is 1.65. The van der Waals surface area contributed by atoms with Crippen molar-refractivity contribution in [3.05, 3.63) is 77.7 Å². The predicted molar refractivity (Wildman–Crippen MR) is 115 cm³/mol. The van der Waals surface area contributed by atoms with Crippen LogP contribution in [0.25, 0.3) is 0 Å². The maximum absolute atomic E-state index is 12.6. The third kappa shape index (κ3) is 5.10. The first-order valence-electron chi connectivity index (χ1n) is 9.68. The Labute approximate surface area is 171 Å². The van der Waals surface area contributed by atoms with E-state index in [1.807, 2.05) is 36.4 Å². The lowest BCUT2D eigenvalue weighted by molar-refractivity contribution is 0.0949. The molecule has 0 atom stereocenters. The summed E-state index contributed by atoms with van der Waals surface area (Å²) in [5.41, 5.74) is 3.61. The Morgan fingerprint density at radius 3 is 2.69 bits per heavy atom. The summed E-state index contributed by atoms with van der Waals surface area (Å²) in [6.07, 6.45) is 2.11. The third-order valence-corrected chi connectivity index (χ3v) is 4.66. The quantitative estimate of drug-likeness (QED) is 0.631. The zero-order valence-electron chi connectivity index (χ0n) is 17.1. The highest BCUT2D eigenvalue weighted by molar-refractivity contribution is 5.93. The van der Waals surface area contributed by atoms with Crippen molar-refractivity contribution in [3.8, 4) is 5.75 Å². The summed E-state index contributed by atoms with van der Waals surface area (Å²) < 4.78 is 5.35. The Kier molecular flexibility index (Phi) is 6.79. The zero-order chi connectivity index (χ0) is 20.6. The number of para-hydroxylation sites is 1. The van der Waals surface area contributed by atoms with Crippen LogP contribution in [0.2, 0.25) is 0 Å². The van der Waals surface area contributed by atoms with Crippen LogP contribution < -0.4 is 15.0 Å². The normalized spacial score (nSPS) is 10.4. The van der Waals surface area contributed by atoms with Gasteiger partial charge in [-0.3, -0.25) is 4.79 Å². The number of carbonyl (C=O) groups excluding carboxylic acids is 1. The third-order valence-electron chi connectivity index (χ3n) is 4.66. The first-order chi connectivity index (χ1) is 14.1. The zero-order valence-corrected chi connectivity index (χ0v) is 17.1. The number of anilines is 2. The van der Waals surface area contributed by atoms with E-state index in [1.54, 1.807) is 13.2 Å². The average Bonchev–Trinajstić information content (AvgIpc) is 2.75. The highest BCUT2D eigenvalue weighted by Gasteiger charge is 2.14. The van der Waals surface area contributed by atoms with Crippen LogP contribution in [0.4, 0.5) is 11.5 Å². The Bertz CT molecular complexity index is 974. The molecule has 1 N–H and O–H groups in total. The SMILES string of the molecule is CCN(c1cccc(C)c1)c1cc(C(=O)NCCc2ccccc2OC)ncn1. The summed E-state index contributed by atoms with van der Waals surface area (Å²) in [6, 6.07) is 17.7. The smallest absolute Gasteiger partial charge is 0.270 e. The molecule has 0 radical (unpaired) electrons. The van der Waals surface area contributed by atoms with Crippen LogP contribution in [0.5, 0.6) is 5.75 Å². The molecule has 0 aliphatic carbocycles. The van der Waals surface area contributed by atoms with Gasteiger partial charge in [-0.05, 0) is 49.6 Å². The molecule has 3 rings (SSSR count). The standard InChI is InChI=1S/C23H26N4O2/c1-4-27(19-10-7-8-17(2)14-19)22-15-20(25-16-26-22)23(28)24-13-12-18-9-5-6-11-21(18)29-3/h5-11,14-16H,4,12-13H2,1-3H3,(H,24,28). The van der Waals surface area contributed by atoms with E-state index in [9.17, 15) is 4.79 Å². The van der Waals surface area contributed by atoms with Crippen molar-refractivity contribution in [2.24, 2.45) is 0 Å². The number of nitrogens with one attached hydrogen (secondary N) is 1. The van der Waals surface area contributed by atoms with E-state index in [-0.39, 0.29) is 5.91 Å². The van der Waals surface area contributed by atoms with Gasteiger partial charge in [0.2, 0.25) is 0 Å². The Morgan fingerprint density at radius 2 is 1.93 bits per heavy atom. The summed E-state index contributed by atoms with van der Waals surface area (Å²) in [5, 5.41) is 2.93. The Hall–Kier alpha value is -3.41. The number of methoxy groups -OCH3 is 1. The van der Waals surface area contributed by atoms with Gasteiger partial charge in [0.1, 0.15) is 23.6 Å². The Morgan fingerprint density at radius 1 is 1.10 bits per heavy atom. The van der Waals surface area contributed by atoms with E-state index in [0.717, 1.165) is 23.5 Å². The summed E-state index contributed by atoms with van der Waals surface area (Å²) in [5.74, 6) is 1.30. The minimum absolute atomic E-state index is 0.219. The van der Waals surface area contributed by atoms with E-state index in [0.29, 0.717) is 24.5 Å². The monoisotopic (exact) mass is 390 g/mol. The van der Waals surface area contributed by atoms with Crippen LogP contribution in [-0.2, 0) is 6.42 Å². The number of rotatable bonds is 8. The van der Waals surface area contributed by atoms with Crippen molar-refractivity contribution in [2.75, 3.05) is 25.1 Å². The van der Waals surface area contributed by atoms with E-state index in [2.05, 4.69) is 46.2 Å². The van der Waals surface area contributed by atoms with Crippen molar-refractivity contribution in [1.29, 1.82) is 0 Å². The molecule has 1 heterocycles. The molecule has 0 saturated heterocycles. The van der Waals surface area contributed by atoms with Gasteiger partial charge in [0.15, 0.2) is 0 Å². The molecular weight excluding hydrogens is 364 g/mol. The minimum Gasteiger partial charge on any atom is -0.496 e. The van der Waals surface area contributed by atoms with Crippen LogP contribution in [0.3, 0.4) is 0 Å². The second kappa shape index (κ2) is 9.68. The number of hydrogen-bond acceptors (Lipinski definition) is 5. The summed E-state index contributed by atoms with van der Waals surface area (Å²) in [6.45, 7) is 5.33. The number of aromatic nitrogens is 2. The maximum Gasteiger partial charge on any atom is 0.270 e. The molecule has 2 aromatic carbocycles. The van der Waals surface area contributed by atoms with E-state index < -0.39 is 0 Å². The van der Waals surface area contributed by atoms with Crippen molar-refractivity contribution in [2.45, 2.75) is 20.3 Å². The molecule has 6 heteroatoms. The highest BCUT2D eigenvalue weighted by Crippen LogP contribution is 2.24. The van der Waals surface area contributed by atoms with E-state index in [1.165, 1.54) is 11.9 Å². The van der Waals surface area contributed by atoms with E-state index in [4.69, 9.17) is 4.74 Å². The van der Waals surface area contributed by atoms with Crippen molar-refractivity contribution in [3.63, 3.8) is 0 Å². The van der Waals surface area contributed by atoms with Crippen LogP contribution >= 0.6 is 0 Å². The highest BCUT2D eigenvalue weighted by atomic mass is 16.5. The maximum atomic E-state index is 12.6. The number of aryl methyl sites for hydroxylation is 1. The number of nitrogens with zero attached hydrogens (tertiary/aromatic N) is 3. The van der Waals surface area contributed by atoms with Crippen LogP contribution in [0, 0.1) is 6.92 Å². The topological polar surface area (TPSA) is 67.4 Å². The number of benzene rings is 2. The molecule has 0 fully saturated rings. The Balaban J connectivity index is 1.69. The predicted octanol–water partition coefficient (Wildman–Crippen LogP) is 3.92. The largest absolute Gasteiger partial charge is 0.496 e. The minimum atomic E-state index is -0.219. The molecule has 150 valence electrons. The fourth-order valence-corrected chi connectivity index (χ4v) is 3.20. The molecule has 0 saturated carbocycles. The van der Waals surface area contributed by atoms with Gasteiger partial charge in [-0.15, -0.1) is 0 Å². The lowest BCUT2D eigenvalue weighted by atomic mass is 10.1. The van der Waals surface area contributed by atoms with Gasteiger partial charge in [-0.1, -0.05) is 30.3 Å². The van der Waals surface area contributed by atoms with Crippen LogP contribution in [-0.4, -0.2) is 36.1 Å². The van der Waals surface area contributed by atoms with Crippen LogP contribution in [0.1, 0.15) is 28.5 Å². The fraction of sp³-hybridized carbons (Fsp3) is 0.261. The van der Waals surface area contributed by atoms with E-state index >= 15 is 0 Å². The lowest BCUT2D eigenvalue weighted by Gasteiger charge is -2.22. The second-order valence-electron chi connectivity index (χ2n) is 6.66. The van der Waals surface area contributed by atoms with Gasteiger partial charge in [0, 0.05) is 24.8 Å². The summed E-state index contributed by atoms with van der Waals surface area (Å²) in [4.78, 5) is 23.2. The molecule has 3 aromatic rings. The number of amides is 1. The van der Waals surface area contributed by atoms with Crippen molar-refractivity contribution < 1.29 is 9.53 Å². The average molecular weight is 390 g/mol. The van der Waals surface area contributed by atoms with Crippen molar-refractivity contribution >= 4 is 17.4 Å². The second-order valence-corrected chi connectivity index (χ2v) is 6.66. The number of hydrogen-bond donors (Lipinski definition) is 1. The molecule has 1 aromatic heterocycles. The van der Waals surface area contributed by atoms with Gasteiger partial charge >= 0.3 is 0 Å². The lowest BCUT2D eigenvalue weighted by Crippen LogP contribution is -2.27. The van der Waals surface area contributed by atoms with Gasteiger partial charge in [0.05, 0.1) is 7.11 Å². The fourth-order valence-electron chi connectivity index (χ4n) is 3.20. The number of ether oxygens (including phenoxy) is 1. The molecule has 6 nitrogen and oxygen atoms in total. The van der Waals surface area contributed by atoms with Crippen molar-refractivity contribution in [1.82, 2.24) is 15.3 Å². The molecule has 0 spiro atoms. The first-order valence-corrected chi connectivity index (χ1v) is 9.68. The molecule has 0 aliphatic heterocycles. The molecule has 29 heavy (non-hydrogen) atoms. The first kappa shape index (κ1) is 20.3. The number of carbonyl (C=O) groups is 1. The van der Waals surface area contributed by atoms with Gasteiger partial charge in [-0.2, -0.15) is 0 Å². The molecule has 0 bridgehead atoms. The summed E-state index contributed by atoms with van der Waals surface area (Å²) >= 11 is 0. The van der Waals surface area contributed by atoms with Gasteiger partial charge in [0.25, 0.3) is 5.91 Å². The molecule has 0 aliphatic rings. The molecular formula is C23H26N4O2. The molecule has 1 amide bonds. The van der Waals surface area contributed by atoms with Crippen LogP contribution in [0.15, 0.2) is 60.9 Å². The van der Waals surface area contributed by atoms with Gasteiger partial charge in [-0.25, -0.2) is 9.97 Å². The van der Waals surface area contributed by atoms with Gasteiger partial charge < -0.3 is 15.0 Å².